The van der Waals surface area contributed by atoms with E-state index in [1.807, 2.05) is 19.1 Å². The lowest BCUT2D eigenvalue weighted by atomic mass is 10.1. The van der Waals surface area contributed by atoms with Crippen molar-refractivity contribution >= 4 is 11.0 Å². The van der Waals surface area contributed by atoms with Gasteiger partial charge in [0.25, 0.3) is 0 Å². The Hall–Kier alpha value is -1.85. The summed E-state index contributed by atoms with van der Waals surface area (Å²) in [6.45, 7) is 3.23. The van der Waals surface area contributed by atoms with Crippen molar-refractivity contribution in [3.8, 4) is 5.75 Å². The highest BCUT2D eigenvalue weighted by atomic mass is 16.5. The molecule has 1 aromatic heterocycles. The van der Waals surface area contributed by atoms with Crippen LogP contribution in [0.1, 0.15) is 12.5 Å². The Morgan fingerprint density at radius 2 is 2.10 bits per heavy atom. The van der Waals surface area contributed by atoms with Crippen LogP contribution in [0, 0.1) is 0 Å². The molecule has 0 aliphatic carbocycles. The molecular weight excluding hydrogens is 258 g/mol. The van der Waals surface area contributed by atoms with Crippen LogP contribution in [0.5, 0.6) is 5.75 Å². The number of hydrogen-bond donors (Lipinski definition) is 1. The molecule has 0 fully saturated rings. The van der Waals surface area contributed by atoms with Gasteiger partial charge in [0.1, 0.15) is 11.3 Å². The summed E-state index contributed by atoms with van der Waals surface area (Å²) in [6.07, 6.45) is 0. The molecule has 0 spiro atoms. The third-order valence-electron chi connectivity index (χ3n) is 3.10. The third-order valence-corrected chi connectivity index (χ3v) is 3.10. The molecule has 0 aliphatic heterocycles. The molecule has 2 aromatic rings. The molecule has 0 aliphatic rings. The molecule has 0 saturated heterocycles. The SMILES string of the molecule is COC[C@@H](C)NCc1cc(=O)oc2cc(OC)ccc12. The summed E-state index contributed by atoms with van der Waals surface area (Å²) < 4.78 is 15.4. The zero-order valence-corrected chi connectivity index (χ0v) is 11.9. The first kappa shape index (κ1) is 14.6. The van der Waals surface area contributed by atoms with Crippen molar-refractivity contribution in [2.24, 2.45) is 0 Å². The van der Waals surface area contributed by atoms with E-state index in [-0.39, 0.29) is 11.7 Å². The fraction of sp³-hybridized carbons (Fsp3) is 0.400. The van der Waals surface area contributed by atoms with Crippen molar-refractivity contribution in [2.45, 2.75) is 19.5 Å². The van der Waals surface area contributed by atoms with Gasteiger partial charge in [0.05, 0.1) is 13.7 Å². The summed E-state index contributed by atoms with van der Waals surface area (Å²) in [7, 11) is 3.24. The molecule has 1 heterocycles. The smallest absolute Gasteiger partial charge is 0.336 e. The van der Waals surface area contributed by atoms with E-state index < -0.39 is 0 Å². The van der Waals surface area contributed by atoms with Gasteiger partial charge in [0.2, 0.25) is 0 Å². The molecule has 2 rings (SSSR count). The first-order valence-corrected chi connectivity index (χ1v) is 6.47. The predicted octanol–water partition coefficient (Wildman–Crippen LogP) is 1.93. The summed E-state index contributed by atoms with van der Waals surface area (Å²) in [6, 6.07) is 7.19. The minimum atomic E-state index is -0.359. The molecule has 1 atom stereocenters. The van der Waals surface area contributed by atoms with Crippen molar-refractivity contribution in [3.05, 3.63) is 40.2 Å². The van der Waals surface area contributed by atoms with Crippen LogP contribution in [0.2, 0.25) is 0 Å². The normalized spacial score (nSPS) is 12.6. The number of benzene rings is 1. The summed E-state index contributed by atoms with van der Waals surface area (Å²) in [4.78, 5) is 11.6. The molecule has 0 radical (unpaired) electrons. The van der Waals surface area contributed by atoms with E-state index in [2.05, 4.69) is 5.32 Å². The maximum absolute atomic E-state index is 11.6. The van der Waals surface area contributed by atoms with Crippen LogP contribution in [0.4, 0.5) is 0 Å². The van der Waals surface area contributed by atoms with Gasteiger partial charge in [-0.3, -0.25) is 0 Å². The first-order chi connectivity index (χ1) is 9.63. The Labute approximate surface area is 117 Å². The highest BCUT2D eigenvalue weighted by molar-refractivity contribution is 5.81. The van der Waals surface area contributed by atoms with Crippen LogP contribution in [0.15, 0.2) is 33.5 Å². The van der Waals surface area contributed by atoms with Gasteiger partial charge in [-0.15, -0.1) is 0 Å². The van der Waals surface area contributed by atoms with Crippen LogP contribution >= 0.6 is 0 Å². The zero-order chi connectivity index (χ0) is 14.5. The van der Waals surface area contributed by atoms with Gasteiger partial charge in [0.15, 0.2) is 0 Å². The van der Waals surface area contributed by atoms with Gasteiger partial charge < -0.3 is 19.2 Å². The summed E-state index contributed by atoms with van der Waals surface area (Å²) in [5.74, 6) is 0.665. The molecule has 0 amide bonds. The van der Waals surface area contributed by atoms with Crippen LogP contribution in [0.25, 0.3) is 11.0 Å². The molecule has 5 nitrogen and oxygen atoms in total. The molecular formula is C15H19NO4. The van der Waals surface area contributed by atoms with Crippen molar-refractivity contribution in [1.82, 2.24) is 5.32 Å². The largest absolute Gasteiger partial charge is 0.497 e. The van der Waals surface area contributed by atoms with Crippen LogP contribution in [-0.4, -0.2) is 26.9 Å². The molecule has 5 heteroatoms. The fourth-order valence-electron chi connectivity index (χ4n) is 2.08. The second-order valence-corrected chi connectivity index (χ2v) is 4.69. The maximum Gasteiger partial charge on any atom is 0.336 e. The number of fused-ring (bicyclic) bond motifs is 1. The summed E-state index contributed by atoms with van der Waals surface area (Å²) >= 11 is 0. The average molecular weight is 277 g/mol. The standard InChI is InChI=1S/C15H19NO4/c1-10(9-18-2)16-8-11-6-15(17)20-14-7-12(19-3)4-5-13(11)14/h4-7,10,16H,8-9H2,1-3H3/t10-/m1/s1. The lowest BCUT2D eigenvalue weighted by Gasteiger charge is -2.13. The highest BCUT2D eigenvalue weighted by Gasteiger charge is 2.08. The number of hydrogen-bond acceptors (Lipinski definition) is 5. The summed E-state index contributed by atoms with van der Waals surface area (Å²) in [5.41, 5.74) is 1.08. The van der Waals surface area contributed by atoms with Gasteiger partial charge in [-0.05, 0) is 24.6 Å². The molecule has 0 unspecified atom stereocenters. The van der Waals surface area contributed by atoms with Crippen LogP contribution < -0.4 is 15.7 Å². The predicted molar refractivity (Wildman–Crippen MR) is 77.2 cm³/mol. The molecule has 20 heavy (non-hydrogen) atoms. The van der Waals surface area contributed by atoms with Crippen molar-refractivity contribution in [2.75, 3.05) is 20.8 Å². The number of ether oxygens (including phenoxy) is 2. The minimum Gasteiger partial charge on any atom is -0.497 e. The second kappa shape index (κ2) is 6.54. The minimum absolute atomic E-state index is 0.209. The first-order valence-electron chi connectivity index (χ1n) is 6.47. The zero-order valence-electron chi connectivity index (χ0n) is 11.9. The van der Waals surface area contributed by atoms with Crippen LogP contribution in [0.3, 0.4) is 0 Å². The Balaban J connectivity index is 2.30. The van der Waals surface area contributed by atoms with E-state index in [1.165, 1.54) is 6.07 Å². The van der Waals surface area contributed by atoms with Crippen LogP contribution in [-0.2, 0) is 11.3 Å². The summed E-state index contributed by atoms with van der Waals surface area (Å²) in [5, 5.41) is 4.22. The van der Waals surface area contributed by atoms with E-state index in [4.69, 9.17) is 13.9 Å². The third kappa shape index (κ3) is 3.37. The van der Waals surface area contributed by atoms with Crippen molar-refractivity contribution in [1.29, 1.82) is 0 Å². The van der Waals surface area contributed by atoms with Gasteiger partial charge in [-0.2, -0.15) is 0 Å². The molecule has 0 saturated carbocycles. The molecule has 0 bridgehead atoms. The number of rotatable bonds is 6. The maximum atomic E-state index is 11.6. The topological polar surface area (TPSA) is 60.7 Å². The van der Waals surface area contributed by atoms with E-state index in [0.717, 1.165) is 10.9 Å². The van der Waals surface area contributed by atoms with Gasteiger partial charge in [-0.1, -0.05) is 0 Å². The lowest BCUT2D eigenvalue weighted by molar-refractivity contribution is 0.171. The molecule has 1 N–H and O–H groups in total. The van der Waals surface area contributed by atoms with Gasteiger partial charge in [0, 0.05) is 37.2 Å². The quantitative estimate of drug-likeness (QED) is 0.817. The Bertz CT molecular complexity index is 635. The Kier molecular flexibility index (Phi) is 4.76. The van der Waals surface area contributed by atoms with E-state index in [0.29, 0.717) is 24.5 Å². The molecule has 108 valence electrons. The van der Waals surface area contributed by atoms with Crippen molar-refractivity contribution in [3.63, 3.8) is 0 Å². The Morgan fingerprint density at radius 3 is 2.80 bits per heavy atom. The number of methoxy groups -OCH3 is 2. The average Bonchev–Trinajstić information content (AvgIpc) is 2.44. The van der Waals surface area contributed by atoms with Gasteiger partial charge >= 0.3 is 5.63 Å². The number of nitrogens with one attached hydrogen (secondary N) is 1. The monoisotopic (exact) mass is 277 g/mol. The lowest BCUT2D eigenvalue weighted by Crippen LogP contribution is -2.29. The fourth-order valence-corrected chi connectivity index (χ4v) is 2.08. The van der Waals surface area contributed by atoms with Gasteiger partial charge in [-0.25, -0.2) is 4.79 Å². The van der Waals surface area contributed by atoms with E-state index in [1.54, 1.807) is 20.3 Å². The van der Waals surface area contributed by atoms with Crippen molar-refractivity contribution < 1.29 is 13.9 Å². The van der Waals surface area contributed by atoms with E-state index >= 15 is 0 Å². The highest BCUT2D eigenvalue weighted by Crippen LogP contribution is 2.22. The second-order valence-electron chi connectivity index (χ2n) is 4.69. The Morgan fingerprint density at radius 1 is 1.30 bits per heavy atom. The molecule has 1 aromatic carbocycles. The van der Waals surface area contributed by atoms with E-state index in [9.17, 15) is 4.79 Å².